The molecule has 0 fully saturated rings. The van der Waals surface area contributed by atoms with Gasteiger partial charge in [-0.2, -0.15) is 0 Å². The average Bonchev–Trinajstić information content (AvgIpc) is 2.82. The number of fused-ring (bicyclic) bond motifs is 1. The molecule has 0 saturated heterocycles. The van der Waals surface area contributed by atoms with Crippen molar-refractivity contribution >= 4 is 22.8 Å². The first-order chi connectivity index (χ1) is 16.3. The topological polar surface area (TPSA) is 93.1 Å². The lowest BCUT2D eigenvalue weighted by Crippen LogP contribution is -2.38. The van der Waals surface area contributed by atoms with Gasteiger partial charge in [-0.25, -0.2) is 4.98 Å². The summed E-state index contributed by atoms with van der Waals surface area (Å²) in [4.78, 5) is 42.6. The maximum atomic E-state index is 13.2. The number of hydrogen-bond donors (Lipinski definition) is 2. The Bertz CT molecular complexity index is 1170. The van der Waals surface area contributed by atoms with Gasteiger partial charge in [-0.3, -0.25) is 19.0 Å². The number of aromatic nitrogens is 2. The fraction of sp³-hybridized carbons (Fsp3) is 0.407. The molecule has 0 aliphatic rings. The summed E-state index contributed by atoms with van der Waals surface area (Å²) in [6.45, 7) is 6.52. The highest BCUT2D eigenvalue weighted by atomic mass is 16.2. The fourth-order valence-corrected chi connectivity index (χ4v) is 3.77. The first-order valence-electron chi connectivity index (χ1n) is 11.9. The second-order valence-electron chi connectivity index (χ2n) is 9.13. The highest BCUT2D eigenvalue weighted by Gasteiger charge is 2.16. The van der Waals surface area contributed by atoms with Crippen LogP contribution < -0.4 is 16.2 Å². The Labute approximate surface area is 200 Å². The lowest BCUT2D eigenvalue weighted by Gasteiger charge is -2.16. The van der Waals surface area contributed by atoms with Crippen molar-refractivity contribution in [2.24, 2.45) is 5.92 Å². The molecular weight excluding hydrogens is 428 g/mol. The van der Waals surface area contributed by atoms with Crippen molar-refractivity contribution in [3.63, 3.8) is 0 Å². The van der Waals surface area contributed by atoms with Crippen LogP contribution in [0.15, 0.2) is 59.4 Å². The largest absolute Gasteiger partial charge is 0.356 e. The Balaban J connectivity index is 1.69. The van der Waals surface area contributed by atoms with Gasteiger partial charge >= 0.3 is 0 Å². The van der Waals surface area contributed by atoms with E-state index in [1.165, 1.54) is 10.1 Å². The number of amides is 2. The quantitative estimate of drug-likeness (QED) is 0.458. The van der Waals surface area contributed by atoms with Gasteiger partial charge in [-0.05, 0) is 43.4 Å². The third-order valence-electron chi connectivity index (χ3n) is 5.63. The lowest BCUT2D eigenvalue weighted by atomic mass is 10.1. The van der Waals surface area contributed by atoms with Crippen molar-refractivity contribution in [2.45, 2.75) is 59.0 Å². The van der Waals surface area contributed by atoms with Crippen LogP contribution in [0.3, 0.4) is 0 Å². The Morgan fingerprint density at radius 2 is 1.65 bits per heavy atom. The van der Waals surface area contributed by atoms with Gasteiger partial charge in [0.25, 0.3) is 5.56 Å². The lowest BCUT2D eigenvalue weighted by molar-refractivity contribution is -0.122. The van der Waals surface area contributed by atoms with E-state index < -0.39 is 0 Å². The number of rotatable bonds is 11. The van der Waals surface area contributed by atoms with Crippen molar-refractivity contribution in [1.29, 1.82) is 0 Å². The van der Waals surface area contributed by atoms with E-state index in [-0.39, 0.29) is 42.8 Å². The molecule has 2 N–H and O–H groups in total. The van der Waals surface area contributed by atoms with E-state index in [0.717, 1.165) is 12.8 Å². The summed E-state index contributed by atoms with van der Waals surface area (Å²) in [5, 5.41) is 5.87. The monoisotopic (exact) mass is 462 g/mol. The van der Waals surface area contributed by atoms with Crippen LogP contribution in [0.5, 0.6) is 0 Å². The second-order valence-corrected chi connectivity index (χ2v) is 9.13. The molecule has 1 aromatic heterocycles. The average molecular weight is 463 g/mol. The molecule has 0 spiro atoms. The summed E-state index contributed by atoms with van der Waals surface area (Å²) >= 11 is 0. The zero-order valence-corrected chi connectivity index (χ0v) is 20.2. The Morgan fingerprint density at radius 1 is 0.941 bits per heavy atom. The van der Waals surface area contributed by atoms with Crippen LogP contribution in [0.25, 0.3) is 11.0 Å². The smallest absolute Gasteiger partial charge is 0.273 e. The summed E-state index contributed by atoms with van der Waals surface area (Å²) in [6, 6.07) is 17.4. The molecule has 34 heavy (non-hydrogen) atoms. The molecule has 0 unspecified atom stereocenters. The van der Waals surface area contributed by atoms with Crippen LogP contribution in [0, 0.1) is 5.92 Å². The minimum absolute atomic E-state index is 0.0272. The highest BCUT2D eigenvalue weighted by molar-refractivity contribution is 5.80. The molecule has 180 valence electrons. The molecule has 7 heteroatoms. The van der Waals surface area contributed by atoms with E-state index in [0.29, 0.717) is 29.2 Å². The summed E-state index contributed by atoms with van der Waals surface area (Å²) < 4.78 is 1.46. The summed E-state index contributed by atoms with van der Waals surface area (Å²) in [5.74, 6) is 0.0211. The van der Waals surface area contributed by atoms with Gasteiger partial charge in [-0.1, -0.05) is 56.3 Å². The van der Waals surface area contributed by atoms with E-state index in [9.17, 15) is 14.4 Å². The number of benzene rings is 2. The van der Waals surface area contributed by atoms with Gasteiger partial charge < -0.3 is 10.6 Å². The molecule has 0 saturated carbocycles. The van der Waals surface area contributed by atoms with Crippen LogP contribution in [-0.4, -0.2) is 34.0 Å². The number of carbonyl (C=O) groups is 2. The predicted molar refractivity (Wildman–Crippen MR) is 135 cm³/mol. The van der Waals surface area contributed by atoms with Crippen LogP contribution in [0.1, 0.15) is 44.9 Å². The van der Waals surface area contributed by atoms with E-state index in [1.54, 1.807) is 6.07 Å². The van der Waals surface area contributed by atoms with Crippen LogP contribution in [-0.2, 0) is 29.0 Å². The van der Waals surface area contributed by atoms with Gasteiger partial charge in [0.2, 0.25) is 11.8 Å². The predicted octanol–water partition coefficient (Wildman–Crippen LogP) is 3.24. The van der Waals surface area contributed by atoms with Gasteiger partial charge in [0, 0.05) is 25.4 Å². The number of nitrogens with zero attached hydrogens (tertiary/aromatic N) is 2. The molecule has 7 nitrogen and oxygen atoms in total. The molecule has 3 aromatic rings. The van der Waals surface area contributed by atoms with Crippen LogP contribution >= 0.6 is 0 Å². The van der Waals surface area contributed by atoms with Gasteiger partial charge in [-0.15, -0.1) is 0 Å². The van der Waals surface area contributed by atoms with Gasteiger partial charge in [0.1, 0.15) is 12.2 Å². The molecule has 2 amide bonds. The van der Waals surface area contributed by atoms with E-state index >= 15 is 0 Å². The highest BCUT2D eigenvalue weighted by Crippen LogP contribution is 2.11. The Morgan fingerprint density at radius 3 is 2.38 bits per heavy atom. The maximum absolute atomic E-state index is 13.2. The Kier molecular flexibility index (Phi) is 8.96. The molecule has 0 bridgehead atoms. The molecule has 2 aromatic carbocycles. The first-order valence-corrected chi connectivity index (χ1v) is 11.9. The zero-order chi connectivity index (χ0) is 24.5. The number of hydrogen-bond acceptors (Lipinski definition) is 4. The normalized spacial score (nSPS) is 12.0. The fourth-order valence-electron chi connectivity index (χ4n) is 3.77. The standard InChI is InChI=1S/C27H34N4O3/c1-19(2)17-28-25(32)16-15-23-27(34)31(24-12-8-7-11-22(24)30-23)18-26(33)29-20(3)13-14-21-9-5-4-6-10-21/h4-12,19-20H,13-18H2,1-3H3,(H,28,32)(H,29,33)/t20-/m0/s1. The van der Waals surface area contributed by atoms with E-state index in [4.69, 9.17) is 0 Å². The SMILES string of the molecule is CC(C)CNC(=O)CCc1nc2ccccc2n(CC(=O)N[C@@H](C)CCc2ccccc2)c1=O. The molecule has 1 heterocycles. The second kappa shape index (κ2) is 12.1. The molecule has 0 radical (unpaired) electrons. The summed E-state index contributed by atoms with van der Waals surface area (Å²) in [5.41, 5.74) is 2.42. The van der Waals surface area contributed by atoms with Gasteiger partial charge in [0.15, 0.2) is 0 Å². The third kappa shape index (κ3) is 7.27. The van der Waals surface area contributed by atoms with E-state index in [2.05, 4.69) is 27.8 Å². The molecule has 0 aliphatic heterocycles. The summed E-state index contributed by atoms with van der Waals surface area (Å²) in [6.07, 6.45) is 2.07. The minimum Gasteiger partial charge on any atom is -0.356 e. The molecule has 0 aliphatic carbocycles. The third-order valence-corrected chi connectivity index (χ3v) is 5.63. The zero-order valence-electron chi connectivity index (χ0n) is 20.2. The number of aryl methyl sites for hydroxylation is 2. The van der Waals surface area contributed by atoms with Crippen molar-refractivity contribution in [1.82, 2.24) is 20.2 Å². The number of para-hydroxylation sites is 2. The Hall–Kier alpha value is -3.48. The van der Waals surface area contributed by atoms with Crippen molar-refractivity contribution in [2.75, 3.05) is 6.54 Å². The van der Waals surface area contributed by atoms with Crippen molar-refractivity contribution < 1.29 is 9.59 Å². The van der Waals surface area contributed by atoms with E-state index in [1.807, 2.05) is 57.2 Å². The van der Waals surface area contributed by atoms with Gasteiger partial charge in [0.05, 0.1) is 11.0 Å². The summed E-state index contributed by atoms with van der Waals surface area (Å²) in [7, 11) is 0. The minimum atomic E-state index is -0.331. The molecule has 1 atom stereocenters. The number of carbonyl (C=O) groups excluding carboxylic acids is 2. The maximum Gasteiger partial charge on any atom is 0.273 e. The molecule has 3 rings (SSSR count). The van der Waals surface area contributed by atoms with Crippen LogP contribution in [0.2, 0.25) is 0 Å². The van der Waals surface area contributed by atoms with Crippen molar-refractivity contribution in [3.05, 3.63) is 76.2 Å². The van der Waals surface area contributed by atoms with Crippen molar-refractivity contribution in [3.8, 4) is 0 Å². The first kappa shape index (κ1) is 25.1. The molecular formula is C27H34N4O3. The van der Waals surface area contributed by atoms with Crippen LogP contribution in [0.4, 0.5) is 0 Å². The number of nitrogens with one attached hydrogen (secondary N) is 2.